The molecule has 4 nitrogen and oxygen atoms in total. The molecule has 2 saturated heterocycles. The van der Waals surface area contributed by atoms with Crippen molar-refractivity contribution < 1.29 is 0 Å². The summed E-state index contributed by atoms with van der Waals surface area (Å²) < 4.78 is 0. The van der Waals surface area contributed by atoms with Crippen LogP contribution in [0.1, 0.15) is 26.7 Å². The maximum Gasteiger partial charge on any atom is 0.0598 e. The van der Waals surface area contributed by atoms with Gasteiger partial charge in [0.05, 0.1) is 6.54 Å². The van der Waals surface area contributed by atoms with Gasteiger partial charge < -0.3 is 10.2 Å². The smallest absolute Gasteiger partial charge is 0.0598 e. The topological polar surface area (TPSA) is 21.8 Å². The predicted molar refractivity (Wildman–Crippen MR) is 89.4 cm³/mol. The van der Waals surface area contributed by atoms with Crippen molar-refractivity contribution in [3.8, 4) is 12.3 Å². The number of likely N-dealkylation sites (N-methyl/N-ethyl adjacent to an activating group) is 1. The maximum atomic E-state index is 5.39. The van der Waals surface area contributed by atoms with Crippen LogP contribution in [0.5, 0.6) is 0 Å². The van der Waals surface area contributed by atoms with Gasteiger partial charge in [0.25, 0.3) is 0 Å². The van der Waals surface area contributed by atoms with Gasteiger partial charge in [-0.15, -0.1) is 6.42 Å². The molecule has 0 aliphatic carbocycles. The van der Waals surface area contributed by atoms with Gasteiger partial charge >= 0.3 is 0 Å². The molecule has 0 bridgehead atoms. The number of nitrogens with zero attached hydrogens (tertiary/aromatic N) is 3. The van der Waals surface area contributed by atoms with Crippen LogP contribution >= 0.6 is 0 Å². The van der Waals surface area contributed by atoms with E-state index in [2.05, 4.69) is 46.8 Å². The number of piperidine rings is 1. The van der Waals surface area contributed by atoms with E-state index in [9.17, 15) is 0 Å². The van der Waals surface area contributed by atoms with E-state index in [1.807, 2.05) is 0 Å². The van der Waals surface area contributed by atoms with Crippen LogP contribution in [0, 0.1) is 12.3 Å². The molecule has 2 rings (SSSR count). The van der Waals surface area contributed by atoms with Crippen LogP contribution in [0.15, 0.2) is 0 Å². The number of hydrogen-bond acceptors (Lipinski definition) is 4. The summed E-state index contributed by atoms with van der Waals surface area (Å²) in [6.45, 7) is 13.7. The fourth-order valence-corrected chi connectivity index (χ4v) is 3.34. The third kappa shape index (κ3) is 4.96. The number of terminal acetylenes is 1. The Balaban J connectivity index is 1.71. The number of rotatable bonds is 5. The molecule has 2 aliphatic heterocycles. The molecule has 0 radical (unpaired) electrons. The number of nitrogens with one attached hydrogen (secondary N) is 1. The second-order valence-electron chi connectivity index (χ2n) is 7.24. The van der Waals surface area contributed by atoms with Crippen molar-refractivity contribution in [2.75, 3.05) is 59.4 Å². The summed E-state index contributed by atoms with van der Waals surface area (Å²) in [6.07, 6.45) is 7.83. The van der Waals surface area contributed by atoms with E-state index in [1.54, 1.807) is 0 Å². The molecule has 120 valence electrons. The Labute approximate surface area is 130 Å². The molecule has 0 amide bonds. The second kappa shape index (κ2) is 7.60. The Bertz CT molecular complexity index is 344. The Morgan fingerprint density at radius 2 is 1.71 bits per heavy atom. The summed E-state index contributed by atoms with van der Waals surface area (Å²) in [7, 11) is 2.21. The number of hydrogen-bond donors (Lipinski definition) is 1. The van der Waals surface area contributed by atoms with Crippen molar-refractivity contribution in [1.29, 1.82) is 0 Å². The average molecular weight is 292 g/mol. The minimum atomic E-state index is 0.247. The van der Waals surface area contributed by atoms with Gasteiger partial charge in [-0.3, -0.25) is 9.80 Å². The fraction of sp³-hybridized carbons (Fsp3) is 0.882. The molecular weight excluding hydrogens is 260 g/mol. The number of likely N-dealkylation sites (tertiary alicyclic amines) is 1. The lowest BCUT2D eigenvalue weighted by Crippen LogP contribution is -2.58. The van der Waals surface area contributed by atoms with Crippen molar-refractivity contribution >= 4 is 0 Å². The quantitative estimate of drug-likeness (QED) is 0.753. The van der Waals surface area contributed by atoms with Crippen LogP contribution in [0.25, 0.3) is 0 Å². The van der Waals surface area contributed by atoms with E-state index < -0.39 is 0 Å². The third-order valence-corrected chi connectivity index (χ3v) is 5.09. The highest BCUT2D eigenvalue weighted by molar-refractivity contribution is 4.92. The summed E-state index contributed by atoms with van der Waals surface area (Å²) >= 11 is 0. The first-order chi connectivity index (χ1) is 10.0. The van der Waals surface area contributed by atoms with Crippen molar-refractivity contribution in [2.24, 2.45) is 0 Å². The highest BCUT2D eigenvalue weighted by atomic mass is 15.3. The molecule has 0 unspecified atom stereocenters. The van der Waals surface area contributed by atoms with E-state index >= 15 is 0 Å². The largest absolute Gasteiger partial charge is 0.312 e. The summed E-state index contributed by atoms with van der Waals surface area (Å²) in [4.78, 5) is 7.43. The van der Waals surface area contributed by atoms with E-state index in [0.29, 0.717) is 6.04 Å². The Hall–Kier alpha value is -0.600. The zero-order chi connectivity index (χ0) is 15.3. The van der Waals surface area contributed by atoms with Gasteiger partial charge in [-0.2, -0.15) is 0 Å². The monoisotopic (exact) mass is 292 g/mol. The lowest BCUT2D eigenvalue weighted by molar-refractivity contribution is 0.0581. The third-order valence-electron chi connectivity index (χ3n) is 5.09. The Morgan fingerprint density at radius 1 is 1.10 bits per heavy atom. The molecule has 0 atom stereocenters. The molecule has 2 aliphatic rings. The lowest BCUT2D eigenvalue weighted by Gasteiger charge is -2.44. The van der Waals surface area contributed by atoms with Crippen molar-refractivity contribution in [2.45, 2.75) is 38.3 Å². The van der Waals surface area contributed by atoms with Gasteiger partial charge in [-0.1, -0.05) is 5.92 Å². The zero-order valence-electron chi connectivity index (χ0n) is 14.1. The molecule has 0 aromatic carbocycles. The standard InChI is InChI=1S/C17H32N4/c1-5-8-20-9-6-16(7-10-20)18-15-17(2,3)21-13-11-19(4)12-14-21/h1,16,18H,6-15H2,2-4H3. The van der Waals surface area contributed by atoms with Crippen LogP contribution in [-0.2, 0) is 0 Å². The number of piperazine rings is 1. The van der Waals surface area contributed by atoms with Crippen LogP contribution in [0.4, 0.5) is 0 Å². The van der Waals surface area contributed by atoms with Crippen LogP contribution in [0.2, 0.25) is 0 Å². The van der Waals surface area contributed by atoms with E-state index in [0.717, 1.165) is 26.2 Å². The molecule has 0 spiro atoms. The predicted octanol–water partition coefficient (Wildman–Crippen LogP) is 0.700. The molecule has 0 aromatic heterocycles. The Morgan fingerprint density at radius 3 is 2.29 bits per heavy atom. The lowest BCUT2D eigenvalue weighted by atomic mass is 9.99. The molecule has 4 heteroatoms. The normalized spacial score (nSPS) is 24.1. The van der Waals surface area contributed by atoms with Crippen LogP contribution in [-0.4, -0.2) is 85.7 Å². The summed E-state index contributed by atoms with van der Waals surface area (Å²) in [5, 5.41) is 3.80. The fourth-order valence-electron chi connectivity index (χ4n) is 3.34. The first-order valence-corrected chi connectivity index (χ1v) is 8.34. The summed E-state index contributed by atoms with van der Waals surface area (Å²) in [5.74, 6) is 2.75. The van der Waals surface area contributed by atoms with Gasteiger partial charge in [0.15, 0.2) is 0 Å². The average Bonchev–Trinajstić information content (AvgIpc) is 2.47. The molecule has 0 saturated carbocycles. The van der Waals surface area contributed by atoms with Gasteiger partial charge in [-0.25, -0.2) is 0 Å². The summed E-state index contributed by atoms with van der Waals surface area (Å²) in [6, 6.07) is 0.658. The van der Waals surface area contributed by atoms with Crippen molar-refractivity contribution in [3.05, 3.63) is 0 Å². The molecule has 2 fully saturated rings. The zero-order valence-corrected chi connectivity index (χ0v) is 14.1. The van der Waals surface area contributed by atoms with E-state index in [4.69, 9.17) is 6.42 Å². The molecular formula is C17H32N4. The SMILES string of the molecule is C#CCN1CCC(NCC(C)(C)N2CCN(C)CC2)CC1. The van der Waals surface area contributed by atoms with E-state index in [-0.39, 0.29) is 5.54 Å². The van der Waals surface area contributed by atoms with Crippen LogP contribution in [0.3, 0.4) is 0 Å². The molecule has 0 aromatic rings. The minimum Gasteiger partial charge on any atom is -0.312 e. The van der Waals surface area contributed by atoms with Crippen molar-refractivity contribution in [1.82, 2.24) is 20.0 Å². The maximum absolute atomic E-state index is 5.39. The first kappa shape index (κ1) is 16.8. The Kier molecular flexibility index (Phi) is 6.07. The summed E-state index contributed by atoms with van der Waals surface area (Å²) in [5.41, 5.74) is 0.247. The highest BCUT2D eigenvalue weighted by Crippen LogP contribution is 2.17. The van der Waals surface area contributed by atoms with Crippen LogP contribution < -0.4 is 5.32 Å². The van der Waals surface area contributed by atoms with E-state index in [1.165, 1.54) is 39.0 Å². The first-order valence-electron chi connectivity index (χ1n) is 8.34. The second-order valence-corrected chi connectivity index (χ2v) is 7.24. The van der Waals surface area contributed by atoms with Crippen molar-refractivity contribution in [3.63, 3.8) is 0 Å². The van der Waals surface area contributed by atoms with Gasteiger partial charge in [0.1, 0.15) is 0 Å². The molecule has 1 N–H and O–H groups in total. The van der Waals surface area contributed by atoms with Gasteiger partial charge in [0, 0.05) is 57.4 Å². The molecule has 21 heavy (non-hydrogen) atoms. The van der Waals surface area contributed by atoms with Gasteiger partial charge in [0.2, 0.25) is 0 Å². The highest BCUT2D eigenvalue weighted by Gasteiger charge is 2.30. The molecule has 2 heterocycles. The van der Waals surface area contributed by atoms with Gasteiger partial charge in [-0.05, 0) is 33.7 Å². The minimum absolute atomic E-state index is 0.247.